The van der Waals surface area contributed by atoms with Gasteiger partial charge in [0, 0.05) is 24.1 Å². The number of carbonyl (C=O) groups is 1. The van der Waals surface area contributed by atoms with Crippen LogP contribution in [-0.4, -0.2) is 22.1 Å². The molecule has 0 aliphatic carbocycles. The van der Waals surface area contributed by atoms with Crippen molar-refractivity contribution < 1.29 is 9.21 Å². The molecule has 1 unspecified atom stereocenters. The van der Waals surface area contributed by atoms with Crippen molar-refractivity contribution in [2.75, 3.05) is 0 Å². The highest BCUT2D eigenvalue weighted by atomic mass is 16.4. The fraction of sp³-hybridized carbons (Fsp3) is 0.318. The first-order valence-corrected chi connectivity index (χ1v) is 9.17. The summed E-state index contributed by atoms with van der Waals surface area (Å²) in [6.07, 6.45) is 0. The van der Waals surface area contributed by atoms with E-state index in [1.807, 2.05) is 49.4 Å². The van der Waals surface area contributed by atoms with E-state index < -0.39 is 0 Å². The molecule has 1 heterocycles. The third kappa shape index (κ3) is 4.25. The van der Waals surface area contributed by atoms with Gasteiger partial charge in [0.15, 0.2) is 0 Å². The first kappa shape index (κ1) is 18.8. The SMILES string of the molecule is Cc1nnc(-c2ccc(C)c(-c3ccc(C(=O)NC(C)C(C)C)cc3)c2)o1. The van der Waals surface area contributed by atoms with Crippen LogP contribution in [0.25, 0.3) is 22.6 Å². The van der Waals surface area contributed by atoms with Gasteiger partial charge < -0.3 is 9.73 Å². The minimum Gasteiger partial charge on any atom is -0.421 e. The lowest BCUT2D eigenvalue weighted by atomic mass is 9.97. The van der Waals surface area contributed by atoms with Crippen molar-refractivity contribution in [2.45, 2.75) is 40.7 Å². The number of carbonyl (C=O) groups excluding carboxylic acids is 1. The molecule has 5 nitrogen and oxygen atoms in total. The molecule has 0 radical (unpaired) electrons. The van der Waals surface area contributed by atoms with E-state index in [1.165, 1.54) is 0 Å². The Hall–Kier alpha value is -2.95. The second-order valence-corrected chi connectivity index (χ2v) is 7.24. The van der Waals surface area contributed by atoms with Crippen molar-refractivity contribution in [3.05, 3.63) is 59.5 Å². The molecule has 0 fully saturated rings. The van der Waals surface area contributed by atoms with Gasteiger partial charge in [-0.05, 0) is 60.7 Å². The highest BCUT2D eigenvalue weighted by Crippen LogP contribution is 2.29. The third-order valence-corrected chi connectivity index (χ3v) is 4.83. The zero-order valence-electron chi connectivity index (χ0n) is 16.4. The molecule has 2 aromatic carbocycles. The highest BCUT2D eigenvalue weighted by Gasteiger charge is 2.14. The number of hydrogen-bond acceptors (Lipinski definition) is 4. The van der Waals surface area contributed by atoms with Gasteiger partial charge in [-0.2, -0.15) is 0 Å². The normalized spacial score (nSPS) is 12.2. The van der Waals surface area contributed by atoms with Crippen LogP contribution in [0.1, 0.15) is 42.6 Å². The number of nitrogens with one attached hydrogen (secondary N) is 1. The standard InChI is InChI=1S/C22H25N3O2/c1-13(2)15(4)23-21(26)18-10-8-17(9-11-18)20-12-19(7-6-14(20)3)22-25-24-16(5)27-22/h6-13,15H,1-5H3,(H,23,26). The molecule has 1 aromatic heterocycles. The van der Waals surface area contributed by atoms with Crippen molar-refractivity contribution in [1.82, 2.24) is 15.5 Å². The predicted octanol–water partition coefficient (Wildman–Crippen LogP) is 4.79. The van der Waals surface area contributed by atoms with Crippen LogP contribution >= 0.6 is 0 Å². The van der Waals surface area contributed by atoms with Crippen molar-refractivity contribution in [3.63, 3.8) is 0 Å². The number of aryl methyl sites for hydroxylation is 2. The number of benzene rings is 2. The molecule has 27 heavy (non-hydrogen) atoms. The van der Waals surface area contributed by atoms with Crippen LogP contribution in [0.15, 0.2) is 46.9 Å². The predicted molar refractivity (Wildman–Crippen MR) is 106 cm³/mol. The van der Waals surface area contributed by atoms with Crippen molar-refractivity contribution >= 4 is 5.91 Å². The lowest BCUT2D eigenvalue weighted by Crippen LogP contribution is -2.36. The molecule has 0 aliphatic heterocycles. The van der Waals surface area contributed by atoms with Crippen LogP contribution in [0.2, 0.25) is 0 Å². The third-order valence-electron chi connectivity index (χ3n) is 4.83. The van der Waals surface area contributed by atoms with Crippen molar-refractivity contribution in [2.24, 2.45) is 5.92 Å². The highest BCUT2D eigenvalue weighted by molar-refractivity contribution is 5.95. The maximum Gasteiger partial charge on any atom is 0.251 e. The number of aromatic nitrogens is 2. The molecule has 0 saturated carbocycles. The molecule has 0 spiro atoms. The lowest BCUT2D eigenvalue weighted by molar-refractivity contribution is 0.0930. The Kier molecular flexibility index (Phi) is 5.40. The van der Waals surface area contributed by atoms with Crippen LogP contribution in [0.5, 0.6) is 0 Å². The summed E-state index contributed by atoms with van der Waals surface area (Å²) in [6, 6.07) is 13.9. The summed E-state index contributed by atoms with van der Waals surface area (Å²) >= 11 is 0. The van der Waals surface area contributed by atoms with Gasteiger partial charge in [0.25, 0.3) is 5.91 Å². The second kappa shape index (κ2) is 7.74. The summed E-state index contributed by atoms with van der Waals surface area (Å²) in [6.45, 7) is 10.0. The molecule has 140 valence electrons. The summed E-state index contributed by atoms with van der Waals surface area (Å²) in [4.78, 5) is 12.4. The molecular formula is C22H25N3O2. The fourth-order valence-electron chi connectivity index (χ4n) is 2.74. The molecule has 1 amide bonds. The summed E-state index contributed by atoms with van der Waals surface area (Å²) in [5.41, 5.74) is 4.79. The Bertz CT molecular complexity index is 942. The molecule has 0 saturated heterocycles. The molecule has 3 rings (SSSR count). The Balaban J connectivity index is 1.86. The van der Waals surface area contributed by atoms with Gasteiger partial charge in [0.2, 0.25) is 11.8 Å². The van der Waals surface area contributed by atoms with Crippen LogP contribution in [-0.2, 0) is 0 Å². The number of amides is 1. The molecular weight excluding hydrogens is 338 g/mol. The largest absolute Gasteiger partial charge is 0.421 e. The summed E-state index contributed by atoms with van der Waals surface area (Å²) in [5, 5.41) is 11.0. The van der Waals surface area contributed by atoms with E-state index in [9.17, 15) is 4.79 Å². The summed E-state index contributed by atoms with van der Waals surface area (Å²) in [5.74, 6) is 1.40. The van der Waals surface area contributed by atoms with Gasteiger partial charge in [-0.15, -0.1) is 10.2 Å². The van der Waals surface area contributed by atoms with E-state index in [0.29, 0.717) is 23.3 Å². The summed E-state index contributed by atoms with van der Waals surface area (Å²) < 4.78 is 5.53. The first-order chi connectivity index (χ1) is 12.8. The van der Waals surface area contributed by atoms with Gasteiger partial charge in [-0.1, -0.05) is 32.0 Å². The molecule has 5 heteroatoms. The number of hydrogen-bond donors (Lipinski definition) is 1. The van der Waals surface area contributed by atoms with Crippen LogP contribution in [0.3, 0.4) is 0 Å². The first-order valence-electron chi connectivity index (χ1n) is 9.17. The van der Waals surface area contributed by atoms with Crippen LogP contribution < -0.4 is 5.32 Å². The molecule has 3 aromatic rings. The van der Waals surface area contributed by atoms with Crippen LogP contribution in [0.4, 0.5) is 0 Å². The Morgan fingerprint density at radius 3 is 2.22 bits per heavy atom. The second-order valence-electron chi connectivity index (χ2n) is 7.24. The molecule has 1 N–H and O–H groups in total. The zero-order valence-corrected chi connectivity index (χ0v) is 16.4. The Labute approximate surface area is 159 Å². The van der Waals surface area contributed by atoms with E-state index in [2.05, 4.69) is 36.3 Å². The van der Waals surface area contributed by atoms with Gasteiger partial charge in [0.05, 0.1) is 0 Å². The molecule has 0 bridgehead atoms. The summed E-state index contributed by atoms with van der Waals surface area (Å²) in [7, 11) is 0. The maximum atomic E-state index is 12.4. The maximum absolute atomic E-state index is 12.4. The van der Waals surface area contributed by atoms with E-state index in [0.717, 1.165) is 22.3 Å². The van der Waals surface area contributed by atoms with E-state index >= 15 is 0 Å². The minimum absolute atomic E-state index is 0.0467. The van der Waals surface area contributed by atoms with Gasteiger partial charge in [-0.25, -0.2) is 0 Å². The smallest absolute Gasteiger partial charge is 0.251 e. The lowest BCUT2D eigenvalue weighted by Gasteiger charge is -2.17. The average Bonchev–Trinajstić information content (AvgIpc) is 3.08. The number of rotatable bonds is 5. The van der Waals surface area contributed by atoms with Crippen molar-refractivity contribution in [1.29, 1.82) is 0 Å². The van der Waals surface area contributed by atoms with Gasteiger partial charge >= 0.3 is 0 Å². The zero-order chi connectivity index (χ0) is 19.6. The van der Waals surface area contributed by atoms with Crippen LogP contribution in [0, 0.1) is 19.8 Å². The van der Waals surface area contributed by atoms with Gasteiger partial charge in [-0.3, -0.25) is 4.79 Å². The Morgan fingerprint density at radius 1 is 0.963 bits per heavy atom. The Morgan fingerprint density at radius 2 is 1.63 bits per heavy atom. The van der Waals surface area contributed by atoms with E-state index in [1.54, 1.807) is 6.92 Å². The quantitative estimate of drug-likeness (QED) is 0.707. The average molecular weight is 363 g/mol. The minimum atomic E-state index is -0.0467. The van der Waals surface area contributed by atoms with Gasteiger partial charge in [0.1, 0.15) is 0 Å². The van der Waals surface area contributed by atoms with E-state index in [-0.39, 0.29) is 11.9 Å². The topological polar surface area (TPSA) is 68.0 Å². The number of nitrogens with zero attached hydrogens (tertiary/aromatic N) is 2. The molecule has 1 atom stereocenters. The van der Waals surface area contributed by atoms with Crippen molar-refractivity contribution in [3.8, 4) is 22.6 Å². The fourth-order valence-corrected chi connectivity index (χ4v) is 2.74. The molecule has 0 aliphatic rings. The van der Waals surface area contributed by atoms with E-state index in [4.69, 9.17) is 4.42 Å². The monoisotopic (exact) mass is 363 g/mol.